The molecule has 0 aliphatic heterocycles. The molecule has 1 heterocycles. The number of non-ortho nitro benzene ring substituents is 1. The third-order valence-corrected chi connectivity index (χ3v) is 6.70. The third kappa shape index (κ3) is 7.65. The van der Waals surface area contributed by atoms with Gasteiger partial charge < -0.3 is 5.32 Å². The first-order valence-corrected chi connectivity index (χ1v) is 13.1. The number of hydrogen-bond donors (Lipinski definition) is 1. The van der Waals surface area contributed by atoms with Crippen molar-refractivity contribution in [1.82, 2.24) is 20.1 Å². The van der Waals surface area contributed by atoms with E-state index in [0.717, 1.165) is 19.3 Å². The number of carbonyl (C=O) groups is 1. The zero-order valence-corrected chi connectivity index (χ0v) is 21.4. The molecule has 1 N–H and O–H groups in total. The van der Waals surface area contributed by atoms with Gasteiger partial charge in [0.2, 0.25) is 5.91 Å². The van der Waals surface area contributed by atoms with Crippen LogP contribution in [0, 0.1) is 17.0 Å². The summed E-state index contributed by atoms with van der Waals surface area (Å²) in [5.41, 5.74) is 3.08. The first-order chi connectivity index (χ1) is 16.9. The van der Waals surface area contributed by atoms with Gasteiger partial charge in [-0.2, -0.15) is 0 Å². The molecule has 0 aliphatic carbocycles. The summed E-state index contributed by atoms with van der Waals surface area (Å²) in [4.78, 5) is 23.2. The van der Waals surface area contributed by atoms with Gasteiger partial charge in [-0.05, 0) is 38.0 Å². The fraction of sp³-hybridized carbons (Fsp3) is 0.423. The number of rotatable bonds is 13. The maximum Gasteiger partial charge on any atom is 0.269 e. The second-order valence-corrected chi connectivity index (χ2v) is 9.62. The number of aryl methyl sites for hydroxylation is 1. The molecule has 3 aromatic rings. The van der Waals surface area contributed by atoms with Gasteiger partial charge in [-0.3, -0.25) is 19.5 Å². The van der Waals surface area contributed by atoms with Gasteiger partial charge in [0.15, 0.2) is 11.0 Å². The van der Waals surface area contributed by atoms with Crippen LogP contribution in [0.3, 0.4) is 0 Å². The van der Waals surface area contributed by atoms with Gasteiger partial charge in [-0.25, -0.2) is 0 Å². The molecule has 2 aromatic carbocycles. The lowest BCUT2D eigenvalue weighted by Gasteiger charge is -2.16. The topological polar surface area (TPSA) is 103 Å². The molecule has 0 saturated heterocycles. The van der Waals surface area contributed by atoms with E-state index in [1.54, 1.807) is 12.1 Å². The van der Waals surface area contributed by atoms with E-state index in [-0.39, 0.29) is 17.6 Å². The summed E-state index contributed by atoms with van der Waals surface area (Å²) in [7, 11) is 0. The van der Waals surface area contributed by atoms with Crippen LogP contribution in [0.25, 0.3) is 5.69 Å². The van der Waals surface area contributed by atoms with Crippen LogP contribution in [0.5, 0.6) is 0 Å². The Labute approximate surface area is 210 Å². The molecular weight excluding hydrogens is 462 g/mol. The van der Waals surface area contributed by atoms with Crippen molar-refractivity contribution >= 4 is 23.4 Å². The highest BCUT2D eigenvalue weighted by atomic mass is 32.2. The van der Waals surface area contributed by atoms with E-state index in [1.807, 2.05) is 17.6 Å². The van der Waals surface area contributed by atoms with Gasteiger partial charge in [0.1, 0.15) is 0 Å². The summed E-state index contributed by atoms with van der Waals surface area (Å²) < 4.78 is 1.87. The van der Waals surface area contributed by atoms with Crippen LogP contribution in [-0.2, 0) is 10.5 Å². The molecule has 8 nitrogen and oxygen atoms in total. The fourth-order valence-electron chi connectivity index (χ4n) is 3.84. The predicted molar refractivity (Wildman–Crippen MR) is 139 cm³/mol. The van der Waals surface area contributed by atoms with Crippen LogP contribution in [-0.4, -0.2) is 25.6 Å². The highest BCUT2D eigenvalue weighted by Crippen LogP contribution is 2.28. The van der Waals surface area contributed by atoms with Crippen LogP contribution in [0.15, 0.2) is 53.7 Å². The maximum atomic E-state index is 12.5. The zero-order chi connectivity index (χ0) is 25.2. The molecule has 1 amide bonds. The van der Waals surface area contributed by atoms with Gasteiger partial charge in [0.25, 0.3) is 5.69 Å². The summed E-state index contributed by atoms with van der Waals surface area (Å²) in [6.07, 6.45) is 5.91. The summed E-state index contributed by atoms with van der Waals surface area (Å²) in [6, 6.07) is 14.2. The smallest absolute Gasteiger partial charge is 0.269 e. The van der Waals surface area contributed by atoms with Crippen molar-refractivity contribution in [1.29, 1.82) is 0 Å². The quantitative estimate of drug-likeness (QED) is 0.129. The van der Waals surface area contributed by atoms with E-state index in [9.17, 15) is 14.9 Å². The van der Waals surface area contributed by atoms with Gasteiger partial charge >= 0.3 is 0 Å². The predicted octanol–water partition coefficient (Wildman–Crippen LogP) is 6.31. The summed E-state index contributed by atoms with van der Waals surface area (Å²) in [5.74, 6) is 1.27. The van der Waals surface area contributed by atoms with Crippen LogP contribution < -0.4 is 5.32 Å². The minimum Gasteiger partial charge on any atom is -0.346 e. The van der Waals surface area contributed by atoms with Crippen LogP contribution in [0.4, 0.5) is 5.69 Å². The molecule has 1 atom stereocenters. The highest BCUT2D eigenvalue weighted by Gasteiger charge is 2.21. The number of benzene rings is 2. The fourth-order valence-corrected chi connectivity index (χ4v) is 4.74. The SMILES string of the molecule is CCCCCCCC(=O)NC(C)c1nnc(SCc2cccc(C)c2)n1-c1ccc([N+](=O)[O-])cc1. The molecule has 0 radical (unpaired) electrons. The van der Waals surface area contributed by atoms with E-state index in [4.69, 9.17) is 0 Å². The van der Waals surface area contributed by atoms with E-state index in [2.05, 4.69) is 47.6 Å². The van der Waals surface area contributed by atoms with Crippen LogP contribution in [0.1, 0.15) is 75.4 Å². The summed E-state index contributed by atoms with van der Waals surface area (Å²) in [6.45, 7) is 6.11. The number of amides is 1. The van der Waals surface area contributed by atoms with Gasteiger partial charge in [0.05, 0.1) is 11.0 Å². The second-order valence-electron chi connectivity index (χ2n) is 8.68. The van der Waals surface area contributed by atoms with E-state index < -0.39 is 4.92 Å². The molecule has 0 fully saturated rings. The maximum absolute atomic E-state index is 12.5. The molecule has 0 spiro atoms. The van der Waals surface area contributed by atoms with E-state index >= 15 is 0 Å². The minimum atomic E-state index is -0.423. The Hall–Kier alpha value is -3.20. The lowest BCUT2D eigenvalue weighted by molar-refractivity contribution is -0.384. The monoisotopic (exact) mass is 495 g/mol. The summed E-state index contributed by atoms with van der Waals surface area (Å²) >= 11 is 1.54. The number of nitrogens with one attached hydrogen (secondary N) is 1. The molecule has 9 heteroatoms. The Morgan fingerprint density at radius 2 is 1.86 bits per heavy atom. The van der Waals surface area contributed by atoms with Crippen molar-refractivity contribution in [3.63, 3.8) is 0 Å². The molecule has 0 aliphatic rings. The Balaban J connectivity index is 1.79. The number of thioether (sulfide) groups is 1. The second kappa shape index (κ2) is 13.0. The van der Waals surface area contributed by atoms with Gasteiger partial charge in [-0.15, -0.1) is 10.2 Å². The normalized spacial score (nSPS) is 11.9. The van der Waals surface area contributed by atoms with Crippen molar-refractivity contribution in [2.75, 3.05) is 0 Å². The minimum absolute atomic E-state index is 0.0128. The number of aromatic nitrogens is 3. The standard InChI is InChI=1S/C26H33N5O3S/c1-4-5-6-7-8-12-24(32)27-20(3)25-28-29-26(35-18-21-11-9-10-19(2)17-21)30(25)22-13-15-23(16-14-22)31(33)34/h9-11,13-17,20H,4-8,12,18H2,1-3H3,(H,27,32). The average Bonchev–Trinajstić information content (AvgIpc) is 3.27. The van der Waals surface area contributed by atoms with Gasteiger partial charge in [-0.1, -0.05) is 74.2 Å². The molecule has 1 unspecified atom stereocenters. The lowest BCUT2D eigenvalue weighted by atomic mass is 10.1. The number of nitro benzene ring substituents is 1. The van der Waals surface area contributed by atoms with Crippen molar-refractivity contribution in [2.45, 2.75) is 76.2 Å². The Kier molecular flexibility index (Phi) is 9.84. The highest BCUT2D eigenvalue weighted by molar-refractivity contribution is 7.98. The number of nitro groups is 1. The van der Waals surface area contributed by atoms with Crippen molar-refractivity contribution in [3.05, 3.63) is 75.6 Å². The molecule has 1 aromatic heterocycles. The molecule has 3 rings (SSSR count). The average molecular weight is 496 g/mol. The molecule has 0 saturated carbocycles. The Morgan fingerprint density at radius 3 is 2.54 bits per heavy atom. The Bertz CT molecular complexity index is 1130. The van der Waals surface area contributed by atoms with Crippen molar-refractivity contribution in [2.24, 2.45) is 0 Å². The lowest BCUT2D eigenvalue weighted by Crippen LogP contribution is -2.28. The van der Waals surface area contributed by atoms with Crippen molar-refractivity contribution < 1.29 is 9.72 Å². The number of nitrogens with zero attached hydrogens (tertiary/aromatic N) is 4. The number of hydrogen-bond acceptors (Lipinski definition) is 6. The molecule has 35 heavy (non-hydrogen) atoms. The van der Waals surface area contributed by atoms with E-state index in [0.29, 0.717) is 28.8 Å². The largest absolute Gasteiger partial charge is 0.346 e. The van der Waals surface area contributed by atoms with Crippen LogP contribution in [0.2, 0.25) is 0 Å². The third-order valence-electron chi connectivity index (χ3n) is 5.70. The first-order valence-electron chi connectivity index (χ1n) is 12.1. The first kappa shape index (κ1) is 26.4. The van der Waals surface area contributed by atoms with Crippen molar-refractivity contribution in [3.8, 4) is 5.69 Å². The number of unbranched alkanes of at least 4 members (excludes halogenated alkanes) is 4. The van der Waals surface area contributed by atoms with Gasteiger partial charge in [0, 0.05) is 30.0 Å². The van der Waals surface area contributed by atoms with E-state index in [1.165, 1.54) is 47.9 Å². The molecule has 186 valence electrons. The van der Waals surface area contributed by atoms with Crippen LogP contribution >= 0.6 is 11.8 Å². The number of carbonyl (C=O) groups excluding carboxylic acids is 1. The Morgan fingerprint density at radius 1 is 1.11 bits per heavy atom. The zero-order valence-electron chi connectivity index (χ0n) is 20.6. The summed E-state index contributed by atoms with van der Waals surface area (Å²) in [5, 5.41) is 23.6. The molecule has 0 bridgehead atoms. The molecular formula is C26H33N5O3S.